The van der Waals surface area contributed by atoms with E-state index in [-0.39, 0.29) is 22.1 Å². The topological polar surface area (TPSA) is 110 Å². The number of nitro benzene ring substituents is 1. The average molecular weight is 373 g/mol. The number of benzene rings is 2. The number of methoxy groups -OCH3 is 1. The Balaban J connectivity index is 1.82. The Morgan fingerprint density at radius 3 is 2.81 bits per heavy atom. The molecule has 2 N–H and O–H groups in total. The number of carbonyl (C=O) groups is 1. The largest absolute Gasteiger partial charge is 0.497 e. The number of hydrogen-bond acceptors (Lipinski definition) is 5. The summed E-state index contributed by atoms with van der Waals surface area (Å²) >= 11 is 5.99. The van der Waals surface area contributed by atoms with E-state index >= 15 is 0 Å². The van der Waals surface area contributed by atoms with Gasteiger partial charge < -0.3 is 10.1 Å². The van der Waals surface area contributed by atoms with E-state index in [9.17, 15) is 14.9 Å². The number of aromatic amines is 1. The molecule has 0 spiro atoms. The zero-order valence-corrected chi connectivity index (χ0v) is 14.3. The number of nitro groups is 1. The van der Waals surface area contributed by atoms with Crippen LogP contribution in [0.3, 0.4) is 0 Å². The lowest BCUT2D eigenvalue weighted by molar-refractivity contribution is -0.384. The molecular weight excluding hydrogens is 360 g/mol. The minimum Gasteiger partial charge on any atom is -0.497 e. The zero-order valence-electron chi connectivity index (χ0n) is 13.5. The van der Waals surface area contributed by atoms with Gasteiger partial charge in [-0.2, -0.15) is 5.10 Å². The van der Waals surface area contributed by atoms with Crippen LogP contribution in [0.4, 0.5) is 11.4 Å². The second-order valence-electron chi connectivity index (χ2n) is 5.27. The van der Waals surface area contributed by atoms with Crippen LogP contribution >= 0.6 is 11.6 Å². The first-order valence-electron chi connectivity index (χ1n) is 7.43. The van der Waals surface area contributed by atoms with E-state index < -0.39 is 10.8 Å². The Morgan fingerprint density at radius 1 is 1.27 bits per heavy atom. The van der Waals surface area contributed by atoms with Crippen molar-refractivity contribution in [2.75, 3.05) is 12.4 Å². The smallest absolute Gasteiger partial charge is 0.273 e. The highest BCUT2D eigenvalue weighted by Crippen LogP contribution is 2.27. The molecule has 1 heterocycles. The highest BCUT2D eigenvalue weighted by Gasteiger charge is 2.15. The van der Waals surface area contributed by atoms with Gasteiger partial charge in [0.15, 0.2) is 0 Å². The van der Waals surface area contributed by atoms with Gasteiger partial charge in [0.25, 0.3) is 11.6 Å². The van der Waals surface area contributed by atoms with E-state index in [4.69, 9.17) is 16.3 Å². The molecule has 0 aliphatic carbocycles. The molecule has 8 nitrogen and oxygen atoms in total. The number of amides is 1. The number of anilines is 1. The molecular formula is C17H13ClN4O4. The SMILES string of the molecule is COc1cccc(-c2cc(C(=O)Nc3cc([N+](=O)[O-])ccc3Cl)[nH]n2)c1. The zero-order chi connectivity index (χ0) is 18.7. The summed E-state index contributed by atoms with van der Waals surface area (Å²) in [7, 11) is 1.56. The third-order valence-corrected chi connectivity index (χ3v) is 3.93. The number of nitrogens with zero attached hydrogens (tertiary/aromatic N) is 2. The fourth-order valence-electron chi connectivity index (χ4n) is 2.28. The molecule has 3 aromatic rings. The molecule has 2 aromatic carbocycles. The molecule has 1 aromatic heterocycles. The molecule has 132 valence electrons. The number of carbonyl (C=O) groups excluding carboxylic acids is 1. The van der Waals surface area contributed by atoms with Gasteiger partial charge in [0.05, 0.1) is 28.4 Å². The predicted molar refractivity (Wildman–Crippen MR) is 96.6 cm³/mol. The third kappa shape index (κ3) is 3.65. The number of nitrogens with one attached hydrogen (secondary N) is 2. The quantitative estimate of drug-likeness (QED) is 0.521. The number of non-ortho nitro benzene ring substituents is 1. The molecule has 1 amide bonds. The summed E-state index contributed by atoms with van der Waals surface area (Å²) < 4.78 is 5.17. The first-order chi connectivity index (χ1) is 12.5. The van der Waals surface area contributed by atoms with Crippen molar-refractivity contribution in [3.63, 3.8) is 0 Å². The lowest BCUT2D eigenvalue weighted by Crippen LogP contribution is -2.12. The van der Waals surface area contributed by atoms with Gasteiger partial charge in [-0.15, -0.1) is 0 Å². The number of aromatic nitrogens is 2. The van der Waals surface area contributed by atoms with Crippen molar-refractivity contribution in [2.45, 2.75) is 0 Å². The van der Waals surface area contributed by atoms with E-state index in [1.54, 1.807) is 25.3 Å². The Morgan fingerprint density at radius 2 is 2.08 bits per heavy atom. The third-order valence-electron chi connectivity index (χ3n) is 3.60. The van der Waals surface area contributed by atoms with Crippen molar-refractivity contribution in [3.05, 3.63) is 69.4 Å². The summed E-state index contributed by atoms with van der Waals surface area (Å²) in [5, 5.41) is 20.3. The number of halogens is 1. The summed E-state index contributed by atoms with van der Waals surface area (Å²) in [4.78, 5) is 22.7. The molecule has 9 heteroatoms. The van der Waals surface area contributed by atoms with Crippen LogP contribution in [0.5, 0.6) is 5.75 Å². The normalized spacial score (nSPS) is 10.4. The van der Waals surface area contributed by atoms with Gasteiger partial charge in [-0.1, -0.05) is 23.7 Å². The van der Waals surface area contributed by atoms with Crippen LogP contribution in [0.2, 0.25) is 5.02 Å². The molecule has 0 saturated carbocycles. The summed E-state index contributed by atoms with van der Waals surface area (Å²) in [5.74, 6) is 0.147. The number of ether oxygens (including phenoxy) is 1. The average Bonchev–Trinajstić information content (AvgIpc) is 3.13. The fourth-order valence-corrected chi connectivity index (χ4v) is 2.45. The lowest BCUT2D eigenvalue weighted by Gasteiger charge is -2.05. The minimum atomic E-state index is -0.566. The second kappa shape index (κ2) is 7.24. The van der Waals surface area contributed by atoms with E-state index in [0.717, 1.165) is 5.56 Å². The molecule has 3 rings (SSSR count). The summed E-state index contributed by atoms with van der Waals surface area (Å²) in [6, 6.07) is 12.6. The Bertz CT molecular complexity index is 986. The molecule has 0 aliphatic rings. The van der Waals surface area contributed by atoms with Crippen LogP contribution in [0.1, 0.15) is 10.5 Å². The van der Waals surface area contributed by atoms with Gasteiger partial charge in [-0.05, 0) is 24.3 Å². The van der Waals surface area contributed by atoms with Crippen LogP contribution < -0.4 is 10.1 Å². The van der Waals surface area contributed by atoms with Crippen LogP contribution in [-0.4, -0.2) is 28.1 Å². The molecule has 0 radical (unpaired) electrons. The Kier molecular flexibility index (Phi) is 4.85. The van der Waals surface area contributed by atoms with Gasteiger partial charge in [0, 0.05) is 17.7 Å². The van der Waals surface area contributed by atoms with Crippen molar-refractivity contribution in [3.8, 4) is 17.0 Å². The van der Waals surface area contributed by atoms with Crippen molar-refractivity contribution in [1.82, 2.24) is 10.2 Å². The van der Waals surface area contributed by atoms with Gasteiger partial charge in [-0.25, -0.2) is 0 Å². The van der Waals surface area contributed by atoms with Crippen LogP contribution in [0, 0.1) is 10.1 Å². The van der Waals surface area contributed by atoms with E-state index in [0.29, 0.717) is 11.4 Å². The van der Waals surface area contributed by atoms with Crippen LogP contribution in [-0.2, 0) is 0 Å². The maximum absolute atomic E-state index is 12.4. The molecule has 0 aliphatic heterocycles. The number of hydrogen-bond donors (Lipinski definition) is 2. The number of H-pyrrole nitrogens is 1. The molecule has 0 atom stereocenters. The summed E-state index contributed by atoms with van der Waals surface area (Å²) in [6.45, 7) is 0. The van der Waals surface area contributed by atoms with Gasteiger partial charge in [-0.3, -0.25) is 20.0 Å². The monoisotopic (exact) mass is 372 g/mol. The van der Waals surface area contributed by atoms with E-state index in [1.807, 2.05) is 12.1 Å². The Hall–Kier alpha value is -3.39. The summed E-state index contributed by atoms with van der Waals surface area (Å²) in [5.41, 5.74) is 1.48. The van der Waals surface area contributed by atoms with Gasteiger partial charge in [0.1, 0.15) is 11.4 Å². The predicted octanol–water partition coefficient (Wildman–Crippen LogP) is 3.90. The van der Waals surface area contributed by atoms with Crippen LogP contribution in [0.15, 0.2) is 48.5 Å². The molecule has 0 fully saturated rings. The van der Waals surface area contributed by atoms with Crippen LogP contribution in [0.25, 0.3) is 11.3 Å². The maximum Gasteiger partial charge on any atom is 0.273 e. The highest BCUT2D eigenvalue weighted by molar-refractivity contribution is 6.34. The van der Waals surface area contributed by atoms with Crippen molar-refractivity contribution in [1.29, 1.82) is 0 Å². The van der Waals surface area contributed by atoms with E-state index in [1.165, 1.54) is 18.2 Å². The van der Waals surface area contributed by atoms with Gasteiger partial charge >= 0.3 is 0 Å². The van der Waals surface area contributed by atoms with Crippen molar-refractivity contribution < 1.29 is 14.5 Å². The minimum absolute atomic E-state index is 0.142. The second-order valence-corrected chi connectivity index (χ2v) is 5.68. The van der Waals surface area contributed by atoms with Gasteiger partial charge in [0.2, 0.25) is 0 Å². The fraction of sp³-hybridized carbons (Fsp3) is 0.0588. The highest BCUT2D eigenvalue weighted by atomic mass is 35.5. The first-order valence-corrected chi connectivity index (χ1v) is 7.81. The molecule has 0 unspecified atom stereocenters. The molecule has 0 bridgehead atoms. The first kappa shape index (κ1) is 17.4. The number of rotatable bonds is 5. The van der Waals surface area contributed by atoms with Crippen molar-refractivity contribution in [2.24, 2.45) is 0 Å². The standard InChI is InChI=1S/C17H13ClN4O4/c1-26-12-4-2-3-10(7-12)14-9-16(21-20-14)17(23)19-15-8-11(22(24)25)5-6-13(15)18/h2-9H,1H3,(H,19,23)(H,20,21). The Labute approximate surface area is 152 Å². The lowest BCUT2D eigenvalue weighted by atomic mass is 10.1. The summed E-state index contributed by atoms with van der Waals surface area (Å²) in [6.07, 6.45) is 0. The molecule has 26 heavy (non-hydrogen) atoms. The van der Waals surface area contributed by atoms with Crippen molar-refractivity contribution >= 4 is 28.9 Å². The maximum atomic E-state index is 12.4. The van der Waals surface area contributed by atoms with E-state index in [2.05, 4.69) is 15.5 Å². The molecule has 0 saturated heterocycles.